The first kappa shape index (κ1) is 14.6. The van der Waals surface area contributed by atoms with Crippen LogP contribution in [0.2, 0.25) is 0 Å². The molecule has 1 aliphatic carbocycles. The first-order valence-corrected chi connectivity index (χ1v) is 7.82. The summed E-state index contributed by atoms with van der Waals surface area (Å²) < 4.78 is 5.41. The van der Waals surface area contributed by atoms with Crippen molar-refractivity contribution in [3.05, 3.63) is 72.2 Å². The van der Waals surface area contributed by atoms with Crippen molar-refractivity contribution >= 4 is 5.91 Å². The van der Waals surface area contributed by atoms with Crippen LogP contribution in [0.25, 0.3) is 0 Å². The normalized spacial score (nSPS) is 16.8. The lowest BCUT2D eigenvalue weighted by molar-refractivity contribution is -0.133. The highest BCUT2D eigenvalue weighted by Crippen LogP contribution is 2.22. The Kier molecular flexibility index (Phi) is 4.74. The smallest absolute Gasteiger partial charge is 0.223 e. The van der Waals surface area contributed by atoms with Crippen LogP contribution < -0.4 is 0 Å². The zero-order valence-electron chi connectivity index (χ0n) is 12.7. The quantitative estimate of drug-likeness (QED) is 0.750. The monoisotopic (exact) mass is 295 g/mol. The van der Waals surface area contributed by atoms with E-state index in [0.717, 1.165) is 24.2 Å². The lowest BCUT2D eigenvalue weighted by atomic mass is 10.0. The summed E-state index contributed by atoms with van der Waals surface area (Å²) in [6.45, 7) is 1.15. The maximum atomic E-state index is 12.7. The molecule has 3 heteroatoms. The first-order valence-electron chi connectivity index (χ1n) is 7.82. The van der Waals surface area contributed by atoms with Crippen LogP contribution in [-0.4, -0.2) is 10.8 Å². The van der Waals surface area contributed by atoms with Gasteiger partial charge in [-0.1, -0.05) is 42.5 Å². The topological polar surface area (TPSA) is 33.5 Å². The molecule has 1 atom stereocenters. The van der Waals surface area contributed by atoms with Crippen LogP contribution in [0.5, 0.6) is 0 Å². The Labute approximate surface area is 131 Å². The van der Waals surface area contributed by atoms with Crippen molar-refractivity contribution in [3.8, 4) is 0 Å². The molecule has 1 aromatic heterocycles. The van der Waals surface area contributed by atoms with E-state index in [9.17, 15) is 4.79 Å². The van der Waals surface area contributed by atoms with E-state index in [2.05, 4.69) is 24.3 Å². The van der Waals surface area contributed by atoms with Gasteiger partial charge in [0.15, 0.2) is 0 Å². The van der Waals surface area contributed by atoms with Gasteiger partial charge in [0, 0.05) is 13.0 Å². The van der Waals surface area contributed by atoms with Crippen molar-refractivity contribution < 1.29 is 9.21 Å². The molecule has 2 aromatic rings. The Balaban J connectivity index is 1.69. The number of hydrogen-bond acceptors (Lipinski definition) is 2. The number of hydrogen-bond donors (Lipinski definition) is 0. The second kappa shape index (κ2) is 7.12. The van der Waals surface area contributed by atoms with Crippen molar-refractivity contribution in [1.82, 2.24) is 4.90 Å². The summed E-state index contributed by atoms with van der Waals surface area (Å²) in [5.41, 5.74) is 1.14. The van der Waals surface area contributed by atoms with Gasteiger partial charge in [-0.2, -0.15) is 0 Å². The molecule has 22 heavy (non-hydrogen) atoms. The molecule has 1 amide bonds. The second-order valence-corrected chi connectivity index (χ2v) is 5.78. The zero-order chi connectivity index (χ0) is 15.2. The Morgan fingerprint density at radius 2 is 2.00 bits per heavy atom. The fraction of sp³-hybridized carbons (Fsp3) is 0.316. The van der Waals surface area contributed by atoms with E-state index in [4.69, 9.17) is 4.42 Å². The molecule has 0 saturated carbocycles. The highest BCUT2D eigenvalue weighted by molar-refractivity contribution is 5.76. The molecule has 1 aliphatic rings. The van der Waals surface area contributed by atoms with Crippen molar-refractivity contribution in [2.45, 2.75) is 32.4 Å². The fourth-order valence-corrected chi connectivity index (χ4v) is 2.85. The number of amides is 1. The Hall–Kier alpha value is -2.29. The number of allylic oxidation sites excluding steroid dienone is 2. The predicted molar refractivity (Wildman–Crippen MR) is 85.9 cm³/mol. The molecular weight excluding hydrogens is 274 g/mol. The third kappa shape index (κ3) is 3.88. The third-order valence-corrected chi connectivity index (χ3v) is 4.04. The molecule has 114 valence electrons. The maximum Gasteiger partial charge on any atom is 0.223 e. The van der Waals surface area contributed by atoms with E-state index in [-0.39, 0.29) is 5.91 Å². The Morgan fingerprint density at radius 1 is 1.14 bits per heavy atom. The SMILES string of the molecule is O=C(CC1C=CCC1)N(Cc1ccccc1)Cc1ccco1. The summed E-state index contributed by atoms with van der Waals surface area (Å²) in [5, 5.41) is 0. The molecule has 1 aromatic carbocycles. The van der Waals surface area contributed by atoms with Gasteiger partial charge in [-0.3, -0.25) is 4.79 Å². The number of rotatable bonds is 6. The molecule has 0 bridgehead atoms. The number of nitrogens with zero attached hydrogens (tertiary/aromatic N) is 1. The molecule has 0 fully saturated rings. The predicted octanol–water partition coefficient (Wildman–Crippen LogP) is 4.16. The van der Waals surface area contributed by atoms with Gasteiger partial charge in [0.1, 0.15) is 5.76 Å². The van der Waals surface area contributed by atoms with E-state index >= 15 is 0 Å². The molecular formula is C19H21NO2. The Morgan fingerprint density at radius 3 is 2.68 bits per heavy atom. The van der Waals surface area contributed by atoms with E-state index in [0.29, 0.717) is 25.4 Å². The van der Waals surface area contributed by atoms with Gasteiger partial charge in [0.05, 0.1) is 12.8 Å². The zero-order valence-corrected chi connectivity index (χ0v) is 12.7. The Bertz CT molecular complexity index is 616. The number of carbonyl (C=O) groups is 1. The summed E-state index contributed by atoms with van der Waals surface area (Å²) in [7, 11) is 0. The second-order valence-electron chi connectivity index (χ2n) is 5.78. The van der Waals surface area contributed by atoms with E-state index < -0.39 is 0 Å². The molecule has 0 N–H and O–H groups in total. The van der Waals surface area contributed by atoms with Crippen LogP contribution in [-0.2, 0) is 17.9 Å². The van der Waals surface area contributed by atoms with E-state index in [1.54, 1.807) is 6.26 Å². The average Bonchev–Trinajstić information content (AvgIpc) is 3.21. The molecule has 3 rings (SSSR count). The molecule has 0 radical (unpaired) electrons. The van der Waals surface area contributed by atoms with Crippen molar-refractivity contribution in [2.75, 3.05) is 0 Å². The van der Waals surface area contributed by atoms with Crippen LogP contribution in [0.4, 0.5) is 0 Å². The van der Waals surface area contributed by atoms with E-state index in [1.807, 2.05) is 35.2 Å². The van der Waals surface area contributed by atoms with Gasteiger partial charge < -0.3 is 9.32 Å². The van der Waals surface area contributed by atoms with Crippen LogP contribution in [0.3, 0.4) is 0 Å². The average molecular weight is 295 g/mol. The number of furan rings is 1. The summed E-state index contributed by atoms with van der Waals surface area (Å²) in [6.07, 6.45) is 8.77. The van der Waals surface area contributed by atoms with Gasteiger partial charge >= 0.3 is 0 Å². The van der Waals surface area contributed by atoms with Gasteiger partial charge in [-0.05, 0) is 36.5 Å². The summed E-state index contributed by atoms with van der Waals surface area (Å²) in [6, 6.07) is 13.9. The van der Waals surface area contributed by atoms with Gasteiger partial charge in [-0.15, -0.1) is 0 Å². The minimum absolute atomic E-state index is 0.191. The highest BCUT2D eigenvalue weighted by atomic mass is 16.3. The standard InChI is InChI=1S/C19H21NO2/c21-19(13-16-7-4-5-8-16)20(15-18-11-6-12-22-18)14-17-9-2-1-3-10-17/h1-4,6-7,9-12,16H,5,8,13-15H2. The molecule has 1 heterocycles. The third-order valence-electron chi connectivity index (χ3n) is 4.04. The molecule has 3 nitrogen and oxygen atoms in total. The summed E-state index contributed by atoms with van der Waals surface area (Å²) in [5.74, 6) is 1.41. The molecule has 0 spiro atoms. The summed E-state index contributed by atoms with van der Waals surface area (Å²) in [4.78, 5) is 14.6. The van der Waals surface area contributed by atoms with Gasteiger partial charge in [-0.25, -0.2) is 0 Å². The van der Waals surface area contributed by atoms with E-state index in [1.165, 1.54) is 0 Å². The minimum Gasteiger partial charge on any atom is -0.467 e. The van der Waals surface area contributed by atoms with Gasteiger partial charge in [0.25, 0.3) is 0 Å². The largest absolute Gasteiger partial charge is 0.467 e. The molecule has 0 saturated heterocycles. The van der Waals surface area contributed by atoms with Crippen LogP contribution in [0, 0.1) is 5.92 Å². The lowest BCUT2D eigenvalue weighted by Crippen LogP contribution is -2.31. The number of carbonyl (C=O) groups excluding carboxylic acids is 1. The highest BCUT2D eigenvalue weighted by Gasteiger charge is 2.20. The summed E-state index contributed by atoms with van der Waals surface area (Å²) >= 11 is 0. The number of benzene rings is 1. The maximum absolute atomic E-state index is 12.7. The molecule has 1 unspecified atom stereocenters. The lowest BCUT2D eigenvalue weighted by Gasteiger charge is -2.23. The first-order chi connectivity index (χ1) is 10.8. The van der Waals surface area contributed by atoms with Crippen LogP contribution in [0.1, 0.15) is 30.6 Å². The van der Waals surface area contributed by atoms with Crippen molar-refractivity contribution in [1.29, 1.82) is 0 Å². The van der Waals surface area contributed by atoms with Crippen molar-refractivity contribution in [2.24, 2.45) is 5.92 Å². The van der Waals surface area contributed by atoms with Crippen LogP contribution in [0.15, 0.2) is 65.3 Å². The van der Waals surface area contributed by atoms with Crippen molar-refractivity contribution in [3.63, 3.8) is 0 Å². The fourth-order valence-electron chi connectivity index (χ4n) is 2.85. The molecule has 0 aliphatic heterocycles. The van der Waals surface area contributed by atoms with Crippen LogP contribution >= 0.6 is 0 Å². The van der Waals surface area contributed by atoms with Gasteiger partial charge in [0.2, 0.25) is 5.91 Å². The minimum atomic E-state index is 0.191.